The molecule has 0 unspecified atom stereocenters. The molecule has 0 atom stereocenters. The number of nitro benzene ring substituents is 1. The number of nitrogens with zero attached hydrogens (tertiary/aromatic N) is 1. The lowest BCUT2D eigenvalue weighted by Crippen LogP contribution is -2.11. The predicted molar refractivity (Wildman–Crippen MR) is 85.3 cm³/mol. The molecule has 2 rings (SSSR count). The van der Waals surface area contributed by atoms with Crippen molar-refractivity contribution in [3.05, 3.63) is 68.2 Å². The molecule has 0 heterocycles. The Bertz CT molecular complexity index is 689. The van der Waals surface area contributed by atoms with E-state index >= 15 is 0 Å². The number of hydrogen-bond donors (Lipinski definition) is 1. The summed E-state index contributed by atoms with van der Waals surface area (Å²) in [5, 5.41) is 11.1. The highest BCUT2D eigenvalue weighted by atomic mass is 79.9. The Balaban J connectivity index is 2.21. The maximum Gasteiger partial charge on any atom is 0.274 e. The van der Waals surface area contributed by atoms with Crippen molar-refractivity contribution >= 4 is 39.3 Å². The average molecular weight is 367 g/mol. The first-order valence-corrected chi connectivity index (χ1v) is 7.70. The quantitative estimate of drug-likeness (QED) is 0.495. The van der Waals surface area contributed by atoms with Crippen molar-refractivity contribution in [2.75, 3.05) is 0 Å². The minimum Gasteiger partial charge on any atom is -0.366 e. The molecule has 0 aliphatic heterocycles. The molecular formula is C14H11BrN2O3S. The molecule has 5 nitrogen and oxygen atoms in total. The van der Waals surface area contributed by atoms with E-state index in [1.54, 1.807) is 6.07 Å². The molecule has 1 amide bonds. The molecule has 0 aliphatic carbocycles. The van der Waals surface area contributed by atoms with Gasteiger partial charge in [-0.1, -0.05) is 22.0 Å². The standard InChI is InChI=1S/C14H11BrN2O3S/c15-11-3-5-12(6-4-11)21-8-10-2-1-9(14(16)18)7-13(10)17(19)20/h1-7H,8H2,(H2,16,18). The Morgan fingerprint density at radius 2 is 1.90 bits per heavy atom. The van der Waals surface area contributed by atoms with Crippen molar-refractivity contribution in [1.29, 1.82) is 0 Å². The fourth-order valence-corrected chi connectivity index (χ4v) is 2.86. The minimum absolute atomic E-state index is 0.0871. The third-order valence-electron chi connectivity index (χ3n) is 2.77. The van der Waals surface area contributed by atoms with E-state index in [0.29, 0.717) is 11.3 Å². The van der Waals surface area contributed by atoms with Gasteiger partial charge >= 0.3 is 0 Å². The van der Waals surface area contributed by atoms with Gasteiger partial charge in [0.2, 0.25) is 5.91 Å². The van der Waals surface area contributed by atoms with Crippen molar-refractivity contribution in [1.82, 2.24) is 0 Å². The molecule has 0 saturated carbocycles. The average Bonchev–Trinajstić information content (AvgIpc) is 2.46. The number of nitrogens with two attached hydrogens (primary N) is 1. The van der Waals surface area contributed by atoms with Crippen LogP contribution in [0.25, 0.3) is 0 Å². The van der Waals surface area contributed by atoms with Crippen LogP contribution in [0.1, 0.15) is 15.9 Å². The SMILES string of the molecule is NC(=O)c1ccc(CSc2ccc(Br)cc2)c([N+](=O)[O-])c1. The van der Waals surface area contributed by atoms with E-state index in [0.717, 1.165) is 9.37 Å². The molecule has 0 bridgehead atoms. The number of carbonyl (C=O) groups excluding carboxylic acids is 1. The lowest BCUT2D eigenvalue weighted by atomic mass is 10.1. The minimum atomic E-state index is -0.676. The lowest BCUT2D eigenvalue weighted by molar-refractivity contribution is -0.385. The second kappa shape index (κ2) is 6.73. The molecule has 21 heavy (non-hydrogen) atoms. The molecule has 0 radical (unpaired) electrons. The van der Waals surface area contributed by atoms with E-state index in [9.17, 15) is 14.9 Å². The van der Waals surface area contributed by atoms with Crippen LogP contribution in [0.5, 0.6) is 0 Å². The summed E-state index contributed by atoms with van der Waals surface area (Å²) < 4.78 is 0.976. The van der Waals surface area contributed by atoms with Crippen LogP contribution in [-0.4, -0.2) is 10.8 Å². The van der Waals surface area contributed by atoms with E-state index < -0.39 is 10.8 Å². The van der Waals surface area contributed by atoms with Gasteiger partial charge in [-0.2, -0.15) is 0 Å². The Morgan fingerprint density at radius 1 is 1.24 bits per heavy atom. The van der Waals surface area contributed by atoms with Crippen molar-refractivity contribution in [3.8, 4) is 0 Å². The molecule has 108 valence electrons. The van der Waals surface area contributed by atoms with Crippen LogP contribution in [0.2, 0.25) is 0 Å². The largest absolute Gasteiger partial charge is 0.366 e. The summed E-state index contributed by atoms with van der Waals surface area (Å²) in [5.41, 5.74) is 5.75. The van der Waals surface area contributed by atoms with Crippen molar-refractivity contribution in [2.24, 2.45) is 5.73 Å². The number of thioether (sulfide) groups is 1. The first-order valence-electron chi connectivity index (χ1n) is 5.93. The Kier molecular flexibility index (Phi) is 4.98. The van der Waals surface area contributed by atoms with E-state index in [-0.39, 0.29) is 11.3 Å². The number of hydrogen-bond acceptors (Lipinski definition) is 4. The summed E-state index contributed by atoms with van der Waals surface area (Å²) in [6.45, 7) is 0. The first kappa shape index (κ1) is 15.5. The number of rotatable bonds is 5. The van der Waals surface area contributed by atoms with Crippen LogP contribution in [0, 0.1) is 10.1 Å². The zero-order chi connectivity index (χ0) is 15.4. The van der Waals surface area contributed by atoms with E-state index in [4.69, 9.17) is 5.73 Å². The van der Waals surface area contributed by atoms with Gasteiger partial charge in [0.05, 0.1) is 4.92 Å². The molecule has 0 saturated heterocycles. The monoisotopic (exact) mass is 366 g/mol. The van der Waals surface area contributed by atoms with Gasteiger partial charge in [0.25, 0.3) is 5.69 Å². The first-order chi connectivity index (χ1) is 9.97. The van der Waals surface area contributed by atoms with Crippen molar-refractivity contribution < 1.29 is 9.72 Å². The molecule has 2 aromatic rings. The highest BCUT2D eigenvalue weighted by Crippen LogP contribution is 2.29. The van der Waals surface area contributed by atoms with E-state index in [2.05, 4.69) is 15.9 Å². The topological polar surface area (TPSA) is 86.2 Å². The number of primary amides is 1. The summed E-state index contributed by atoms with van der Waals surface area (Å²) in [7, 11) is 0. The third kappa shape index (κ3) is 4.05. The number of halogens is 1. The molecule has 0 fully saturated rings. The van der Waals surface area contributed by atoms with Crippen LogP contribution in [0.4, 0.5) is 5.69 Å². The summed E-state index contributed by atoms with van der Waals surface area (Å²) in [4.78, 5) is 22.7. The van der Waals surface area contributed by atoms with Crippen molar-refractivity contribution in [3.63, 3.8) is 0 Å². The molecule has 7 heteroatoms. The third-order valence-corrected chi connectivity index (χ3v) is 4.36. The van der Waals surface area contributed by atoms with Gasteiger partial charge in [0, 0.05) is 32.3 Å². The number of benzene rings is 2. The van der Waals surface area contributed by atoms with Gasteiger partial charge in [-0.3, -0.25) is 14.9 Å². The fraction of sp³-hybridized carbons (Fsp3) is 0.0714. The zero-order valence-electron chi connectivity index (χ0n) is 10.8. The highest BCUT2D eigenvalue weighted by molar-refractivity contribution is 9.10. The molecule has 2 aromatic carbocycles. The van der Waals surface area contributed by atoms with Crippen LogP contribution >= 0.6 is 27.7 Å². The van der Waals surface area contributed by atoms with E-state index in [1.807, 2.05) is 24.3 Å². The molecular weight excluding hydrogens is 356 g/mol. The van der Waals surface area contributed by atoms with Gasteiger partial charge in [-0.25, -0.2) is 0 Å². The number of carbonyl (C=O) groups is 1. The Morgan fingerprint density at radius 3 is 2.48 bits per heavy atom. The van der Waals surface area contributed by atoms with Gasteiger partial charge < -0.3 is 5.73 Å². The maximum atomic E-state index is 11.1. The summed E-state index contributed by atoms with van der Waals surface area (Å²) in [5.74, 6) is -0.234. The van der Waals surface area contributed by atoms with Gasteiger partial charge in [0.1, 0.15) is 0 Å². The second-order valence-electron chi connectivity index (χ2n) is 4.21. The van der Waals surface area contributed by atoms with Gasteiger partial charge in [-0.05, 0) is 30.3 Å². The smallest absolute Gasteiger partial charge is 0.274 e. The molecule has 2 N–H and O–H groups in total. The summed E-state index contributed by atoms with van der Waals surface area (Å²) in [6.07, 6.45) is 0. The number of amides is 1. The lowest BCUT2D eigenvalue weighted by Gasteiger charge is -2.05. The summed E-state index contributed by atoms with van der Waals surface area (Å²) in [6, 6.07) is 12.0. The normalized spacial score (nSPS) is 10.3. The maximum absolute atomic E-state index is 11.1. The fourth-order valence-electron chi connectivity index (χ4n) is 1.70. The van der Waals surface area contributed by atoms with Crippen LogP contribution in [0.3, 0.4) is 0 Å². The van der Waals surface area contributed by atoms with E-state index in [1.165, 1.54) is 23.9 Å². The number of nitro groups is 1. The summed E-state index contributed by atoms with van der Waals surface area (Å²) >= 11 is 4.84. The van der Waals surface area contributed by atoms with Gasteiger partial charge in [0.15, 0.2) is 0 Å². The van der Waals surface area contributed by atoms with Crippen LogP contribution in [0.15, 0.2) is 51.8 Å². The molecule has 0 aromatic heterocycles. The predicted octanol–water partition coefficient (Wildman–Crippen LogP) is 3.75. The van der Waals surface area contributed by atoms with Gasteiger partial charge in [-0.15, -0.1) is 11.8 Å². The zero-order valence-corrected chi connectivity index (χ0v) is 13.2. The van der Waals surface area contributed by atoms with Crippen molar-refractivity contribution in [2.45, 2.75) is 10.6 Å². The Hall–Kier alpha value is -1.86. The highest BCUT2D eigenvalue weighted by Gasteiger charge is 2.16. The second-order valence-corrected chi connectivity index (χ2v) is 6.17. The Labute approximate surface area is 133 Å². The van der Waals surface area contributed by atoms with Crippen LogP contribution < -0.4 is 5.73 Å². The molecule has 0 aliphatic rings. The van der Waals surface area contributed by atoms with Crippen LogP contribution in [-0.2, 0) is 5.75 Å². The molecule has 0 spiro atoms.